The minimum absolute atomic E-state index is 0.0533. The fourth-order valence-corrected chi connectivity index (χ4v) is 3.23. The number of benzene rings is 2. The molecule has 0 bridgehead atoms. The Hall–Kier alpha value is -4.14. The predicted molar refractivity (Wildman–Crippen MR) is 129 cm³/mol. The predicted octanol–water partition coefficient (Wildman–Crippen LogP) is 4.17. The van der Waals surface area contributed by atoms with Crippen molar-refractivity contribution in [2.45, 2.75) is 32.9 Å². The Kier molecular flexibility index (Phi) is 9.00. The molecule has 0 saturated carbocycles. The first-order valence-electron chi connectivity index (χ1n) is 11.1. The Morgan fingerprint density at radius 1 is 0.914 bits per heavy atom. The molecule has 1 aromatic heterocycles. The summed E-state index contributed by atoms with van der Waals surface area (Å²) in [7, 11) is 2.91. The zero-order valence-electron chi connectivity index (χ0n) is 20.2. The maximum absolute atomic E-state index is 13.2. The van der Waals surface area contributed by atoms with Gasteiger partial charge in [0.2, 0.25) is 11.8 Å². The summed E-state index contributed by atoms with van der Waals surface area (Å²) >= 11 is 0. The SMILES string of the molecule is COc1cc(OC)nc(Oc2ccccc2C(=O)N[C@@H](CC(C)C)C(=O)OCc2ccccc2)n1. The number of ether oxygens (including phenoxy) is 4. The lowest BCUT2D eigenvalue weighted by Crippen LogP contribution is -2.42. The van der Waals surface area contributed by atoms with Gasteiger partial charge in [-0.1, -0.05) is 56.3 Å². The number of hydrogen-bond donors (Lipinski definition) is 1. The van der Waals surface area contributed by atoms with Gasteiger partial charge < -0.3 is 24.3 Å². The van der Waals surface area contributed by atoms with Crippen molar-refractivity contribution in [1.29, 1.82) is 0 Å². The Labute approximate surface area is 204 Å². The molecule has 0 saturated heterocycles. The van der Waals surface area contributed by atoms with Crippen LogP contribution in [0.3, 0.4) is 0 Å². The highest BCUT2D eigenvalue weighted by Crippen LogP contribution is 2.26. The molecule has 0 aliphatic heterocycles. The van der Waals surface area contributed by atoms with Gasteiger partial charge in [-0.05, 0) is 30.0 Å². The third kappa shape index (κ3) is 7.43. The van der Waals surface area contributed by atoms with Gasteiger partial charge >= 0.3 is 12.0 Å². The van der Waals surface area contributed by atoms with Crippen molar-refractivity contribution in [1.82, 2.24) is 15.3 Å². The van der Waals surface area contributed by atoms with E-state index in [4.69, 9.17) is 18.9 Å². The average Bonchev–Trinajstić information content (AvgIpc) is 2.87. The number of carbonyl (C=O) groups is 2. The van der Waals surface area contributed by atoms with Crippen molar-refractivity contribution in [2.75, 3.05) is 14.2 Å². The molecule has 184 valence electrons. The zero-order valence-corrected chi connectivity index (χ0v) is 20.2. The number of amides is 1. The van der Waals surface area contributed by atoms with Gasteiger partial charge in [0, 0.05) is 0 Å². The van der Waals surface area contributed by atoms with Crippen molar-refractivity contribution in [2.24, 2.45) is 5.92 Å². The molecule has 35 heavy (non-hydrogen) atoms. The van der Waals surface area contributed by atoms with Gasteiger partial charge in [-0.15, -0.1) is 0 Å². The minimum Gasteiger partial charge on any atom is -0.481 e. The van der Waals surface area contributed by atoms with Crippen molar-refractivity contribution >= 4 is 11.9 Å². The molecule has 0 aliphatic carbocycles. The van der Waals surface area contributed by atoms with Gasteiger partial charge in [0.05, 0.1) is 25.8 Å². The summed E-state index contributed by atoms with van der Waals surface area (Å²) in [5, 5.41) is 2.79. The maximum atomic E-state index is 13.2. The number of methoxy groups -OCH3 is 2. The van der Waals surface area contributed by atoms with E-state index in [0.29, 0.717) is 6.42 Å². The largest absolute Gasteiger partial charge is 0.481 e. The molecule has 2 aromatic carbocycles. The van der Waals surface area contributed by atoms with Gasteiger partial charge in [0.1, 0.15) is 18.4 Å². The number of para-hydroxylation sites is 1. The summed E-state index contributed by atoms with van der Waals surface area (Å²) in [6, 6.07) is 16.6. The summed E-state index contributed by atoms with van der Waals surface area (Å²) in [4.78, 5) is 34.3. The lowest BCUT2D eigenvalue weighted by atomic mass is 10.0. The van der Waals surface area contributed by atoms with Crippen LogP contribution in [-0.4, -0.2) is 42.1 Å². The quantitative estimate of drug-likeness (QED) is 0.408. The van der Waals surface area contributed by atoms with Crippen molar-refractivity contribution in [3.63, 3.8) is 0 Å². The van der Waals surface area contributed by atoms with Crippen LogP contribution in [0.2, 0.25) is 0 Å². The Morgan fingerprint density at radius 2 is 1.54 bits per heavy atom. The van der Waals surface area contributed by atoms with E-state index in [1.807, 2.05) is 44.2 Å². The number of hydrogen-bond acceptors (Lipinski definition) is 8. The summed E-state index contributed by atoms with van der Waals surface area (Å²) < 4.78 is 21.5. The monoisotopic (exact) mass is 479 g/mol. The summed E-state index contributed by atoms with van der Waals surface area (Å²) in [5.41, 5.74) is 1.07. The van der Waals surface area contributed by atoms with E-state index in [-0.39, 0.29) is 41.6 Å². The minimum atomic E-state index is -0.826. The van der Waals surface area contributed by atoms with Gasteiger partial charge in [0.25, 0.3) is 5.91 Å². The van der Waals surface area contributed by atoms with Crippen LogP contribution in [0.4, 0.5) is 0 Å². The first-order valence-corrected chi connectivity index (χ1v) is 11.1. The number of rotatable bonds is 11. The van der Waals surface area contributed by atoms with E-state index in [9.17, 15) is 9.59 Å². The molecule has 0 radical (unpaired) electrons. The third-order valence-electron chi connectivity index (χ3n) is 4.93. The Morgan fingerprint density at radius 3 is 2.17 bits per heavy atom. The van der Waals surface area contributed by atoms with Crippen molar-refractivity contribution < 1.29 is 28.5 Å². The molecule has 3 rings (SSSR count). The van der Waals surface area contributed by atoms with Crippen LogP contribution in [-0.2, 0) is 16.1 Å². The molecule has 9 heteroatoms. The third-order valence-corrected chi connectivity index (χ3v) is 4.93. The first-order chi connectivity index (χ1) is 16.9. The summed E-state index contributed by atoms with van der Waals surface area (Å²) in [5.74, 6) is -0.151. The van der Waals surface area contributed by atoms with E-state index in [1.54, 1.807) is 24.3 Å². The van der Waals surface area contributed by atoms with Crippen LogP contribution in [0.15, 0.2) is 60.7 Å². The highest BCUT2D eigenvalue weighted by molar-refractivity contribution is 5.99. The lowest BCUT2D eigenvalue weighted by molar-refractivity contribution is -0.147. The van der Waals surface area contributed by atoms with Crippen LogP contribution < -0.4 is 19.5 Å². The fourth-order valence-electron chi connectivity index (χ4n) is 3.23. The standard InChI is InChI=1S/C26H29N3O6/c1-17(2)14-20(25(31)34-16-18-10-6-5-7-11-18)27-24(30)19-12-8-9-13-21(19)35-26-28-22(32-3)15-23(29-26)33-4/h5-13,15,17,20H,14,16H2,1-4H3,(H,27,30)/t20-/m0/s1. The fraction of sp³-hybridized carbons (Fsp3) is 0.308. The molecular weight excluding hydrogens is 450 g/mol. The number of esters is 1. The van der Waals surface area contributed by atoms with Crippen LogP contribution in [0.5, 0.6) is 23.5 Å². The van der Waals surface area contributed by atoms with Gasteiger partial charge in [-0.25, -0.2) is 4.79 Å². The molecule has 0 spiro atoms. The normalized spacial score (nSPS) is 11.5. The summed E-state index contributed by atoms with van der Waals surface area (Å²) in [6.45, 7) is 4.06. The molecule has 0 fully saturated rings. The zero-order chi connectivity index (χ0) is 25.2. The van der Waals surface area contributed by atoms with E-state index in [0.717, 1.165) is 5.56 Å². The smallest absolute Gasteiger partial charge is 0.328 e. The molecule has 9 nitrogen and oxygen atoms in total. The van der Waals surface area contributed by atoms with Gasteiger partial charge in [-0.3, -0.25) is 4.79 Å². The second-order valence-electron chi connectivity index (χ2n) is 8.08. The Balaban J connectivity index is 1.76. The summed E-state index contributed by atoms with van der Waals surface area (Å²) in [6.07, 6.45) is 0.415. The van der Waals surface area contributed by atoms with E-state index < -0.39 is 17.9 Å². The van der Waals surface area contributed by atoms with Crippen molar-refractivity contribution in [3.05, 3.63) is 71.8 Å². The molecule has 1 atom stereocenters. The second kappa shape index (κ2) is 12.4. The molecular formula is C26H29N3O6. The second-order valence-corrected chi connectivity index (χ2v) is 8.08. The highest BCUT2D eigenvalue weighted by atomic mass is 16.5. The molecule has 1 heterocycles. The first kappa shape index (κ1) is 25.5. The number of carbonyl (C=O) groups excluding carboxylic acids is 2. The van der Waals surface area contributed by atoms with Crippen LogP contribution in [0, 0.1) is 5.92 Å². The lowest BCUT2D eigenvalue weighted by Gasteiger charge is -2.20. The average molecular weight is 480 g/mol. The van der Waals surface area contributed by atoms with Crippen LogP contribution in [0.25, 0.3) is 0 Å². The van der Waals surface area contributed by atoms with E-state index in [1.165, 1.54) is 20.3 Å². The molecule has 1 N–H and O–H groups in total. The number of nitrogens with zero attached hydrogens (tertiary/aromatic N) is 2. The molecule has 0 aliphatic rings. The van der Waals surface area contributed by atoms with E-state index in [2.05, 4.69) is 15.3 Å². The number of aromatic nitrogens is 2. The van der Waals surface area contributed by atoms with Gasteiger partial charge in [-0.2, -0.15) is 9.97 Å². The van der Waals surface area contributed by atoms with Gasteiger partial charge in [0.15, 0.2) is 0 Å². The van der Waals surface area contributed by atoms with E-state index >= 15 is 0 Å². The molecule has 0 unspecified atom stereocenters. The maximum Gasteiger partial charge on any atom is 0.328 e. The Bertz CT molecular complexity index is 1110. The number of nitrogens with one attached hydrogen (secondary N) is 1. The molecule has 1 amide bonds. The molecule has 3 aromatic rings. The highest BCUT2D eigenvalue weighted by Gasteiger charge is 2.25. The van der Waals surface area contributed by atoms with Crippen LogP contribution in [0.1, 0.15) is 36.2 Å². The van der Waals surface area contributed by atoms with Crippen molar-refractivity contribution in [3.8, 4) is 23.5 Å². The van der Waals surface area contributed by atoms with Crippen LogP contribution >= 0.6 is 0 Å². The topological polar surface area (TPSA) is 109 Å².